The minimum absolute atomic E-state index is 0.780. The number of pyridine rings is 2. The van der Waals surface area contributed by atoms with Gasteiger partial charge in [0.2, 0.25) is 0 Å². The molecule has 0 aliphatic carbocycles. The molecular formula is C27H35BrN4. The van der Waals surface area contributed by atoms with E-state index in [2.05, 4.69) is 69.4 Å². The molecule has 0 spiro atoms. The number of aryl methyl sites for hydroxylation is 2. The van der Waals surface area contributed by atoms with E-state index in [4.69, 9.17) is 0 Å². The second-order valence-corrected chi connectivity index (χ2v) is 8.66. The SMILES string of the molecule is CCc1c(CBr)c(CC)c(CNc2cccc(C)n2)c(CC)c1CNc1cccc(C)n1. The highest BCUT2D eigenvalue weighted by Crippen LogP contribution is 2.33. The van der Waals surface area contributed by atoms with Crippen LogP contribution in [0.4, 0.5) is 11.6 Å². The first-order valence-corrected chi connectivity index (χ1v) is 12.7. The number of hydrogen-bond donors (Lipinski definition) is 2. The van der Waals surface area contributed by atoms with E-state index in [0.29, 0.717) is 0 Å². The monoisotopic (exact) mass is 494 g/mol. The van der Waals surface area contributed by atoms with Crippen molar-refractivity contribution in [3.05, 3.63) is 81.2 Å². The summed E-state index contributed by atoms with van der Waals surface area (Å²) >= 11 is 3.80. The number of nitrogens with zero attached hydrogens (tertiary/aromatic N) is 2. The standard InChI is InChI=1S/C27H35BrN4/c1-6-20-23(15-28)21(7-2)25(17-30-27-14-10-12-19(5)32-27)22(8-3)24(20)16-29-26-13-9-11-18(4)31-26/h9-14H,6-8,15-17H2,1-5H3,(H,29,31)(H,30,32). The summed E-state index contributed by atoms with van der Waals surface area (Å²) < 4.78 is 0. The molecule has 2 N–H and O–H groups in total. The average molecular weight is 496 g/mol. The Morgan fingerprint density at radius 1 is 0.625 bits per heavy atom. The van der Waals surface area contributed by atoms with Crippen LogP contribution in [-0.2, 0) is 37.7 Å². The number of nitrogens with one attached hydrogen (secondary N) is 2. The van der Waals surface area contributed by atoms with Crippen molar-refractivity contribution < 1.29 is 0 Å². The van der Waals surface area contributed by atoms with E-state index < -0.39 is 0 Å². The topological polar surface area (TPSA) is 49.8 Å². The van der Waals surface area contributed by atoms with Gasteiger partial charge in [0.25, 0.3) is 0 Å². The lowest BCUT2D eigenvalue weighted by Crippen LogP contribution is -2.17. The van der Waals surface area contributed by atoms with Crippen molar-refractivity contribution in [2.75, 3.05) is 10.6 Å². The fourth-order valence-corrected chi connectivity index (χ4v) is 5.28. The molecule has 0 saturated heterocycles. The van der Waals surface area contributed by atoms with Crippen molar-refractivity contribution in [3.63, 3.8) is 0 Å². The molecule has 0 saturated carbocycles. The van der Waals surface area contributed by atoms with E-state index in [0.717, 1.165) is 60.7 Å². The van der Waals surface area contributed by atoms with Crippen LogP contribution >= 0.6 is 15.9 Å². The van der Waals surface area contributed by atoms with Gasteiger partial charge in [0.15, 0.2) is 0 Å². The molecular weight excluding hydrogens is 460 g/mol. The zero-order valence-electron chi connectivity index (χ0n) is 20.0. The minimum Gasteiger partial charge on any atom is -0.366 e. The highest BCUT2D eigenvalue weighted by Gasteiger charge is 2.21. The number of hydrogen-bond acceptors (Lipinski definition) is 4. The first-order chi connectivity index (χ1) is 15.5. The lowest BCUT2D eigenvalue weighted by atomic mass is 9.83. The van der Waals surface area contributed by atoms with Gasteiger partial charge in [-0.15, -0.1) is 0 Å². The maximum absolute atomic E-state index is 4.64. The number of aromatic nitrogens is 2. The Hall–Kier alpha value is -2.40. The maximum atomic E-state index is 4.64. The number of alkyl halides is 1. The van der Waals surface area contributed by atoms with E-state index in [-0.39, 0.29) is 0 Å². The molecule has 0 unspecified atom stereocenters. The number of benzene rings is 1. The van der Waals surface area contributed by atoms with Crippen molar-refractivity contribution in [2.45, 2.75) is 72.3 Å². The van der Waals surface area contributed by atoms with Gasteiger partial charge in [-0.2, -0.15) is 0 Å². The molecule has 0 amide bonds. The van der Waals surface area contributed by atoms with E-state index in [9.17, 15) is 0 Å². The molecule has 0 aliphatic heterocycles. The predicted molar refractivity (Wildman–Crippen MR) is 140 cm³/mol. The van der Waals surface area contributed by atoms with Crippen molar-refractivity contribution in [2.24, 2.45) is 0 Å². The van der Waals surface area contributed by atoms with Gasteiger partial charge in [0.1, 0.15) is 11.6 Å². The second-order valence-electron chi connectivity index (χ2n) is 8.10. The van der Waals surface area contributed by atoms with E-state index in [1.807, 2.05) is 38.1 Å². The lowest BCUT2D eigenvalue weighted by molar-refractivity contribution is 0.897. The molecule has 3 rings (SSSR count). The third-order valence-corrected chi connectivity index (χ3v) is 6.61. The summed E-state index contributed by atoms with van der Waals surface area (Å²) in [7, 11) is 0. The van der Waals surface area contributed by atoms with Gasteiger partial charge in [-0.05, 0) is 90.8 Å². The molecule has 2 heterocycles. The van der Waals surface area contributed by atoms with Gasteiger partial charge in [0.05, 0.1) is 0 Å². The van der Waals surface area contributed by atoms with Crippen LogP contribution in [0.5, 0.6) is 0 Å². The Morgan fingerprint density at radius 3 is 1.38 bits per heavy atom. The van der Waals surface area contributed by atoms with Gasteiger partial charge in [-0.25, -0.2) is 9.97 Å². The summed E-state index contributed by atoms with van der Waals surface area (Å²) in [5.41, 5.74) is 10.7. The molecule has 0 bridgehead atoms. The molecule has 0 fully saturated rings. The summed E-state index contributed by atoms with van der Waals surface area (Å²) in [6.07, 6.45) is 3.04. The second kappa shape index (κ2) is 11.5. The molecule has 4 nitrogen and oxygen atoms in total. The van der Waals surface area contributed by atoms with Crippen molar-refractivity contribution in [1.82, 2.24) is 9.97 Å². The molecule has 0 atom stereocenters. The summed E-state index contributed by atoms with van der Waals surface area (Å²) in [6, 6.07) is 12.3. The average Bonchev–Trinajstić information content (AvgIpc) is 2.80. The molecule has 3 aromatic rings. The van der Waals surface area contributed by atoms with Crippen LogP contribution in [-0.4, -0.2) is 9.97 Å². The Morgan fingerprint density at radius 2 is 1.03 bits per heavy atom. The molecule has 5 heteroatoms. The van der Waals surface area contributed by atoms with Crippen molar-refractivity contribution in [1.29, 1.82) is 0 Å². The maximum Gasteiger partial charge on any atom is 0.126 e. The Bertz CT molecular complexity index is 983. The summed E-state index contributed by atoms with van der Waals surface area (Å²) in [6.45, 7) is 12.4. The number of halogens is 1. The van der Waals surface area contributed by atoms with Crippen LogP contribution < -0.4 is 10.6 Å². The zero-order chi connectivity index (χ0) is 23.1. The molecule has 170 valence electrons. The van der Waals surface area contributed by atoms with Gasteiger partial charge >= 0.3 is 0 Å². The quantitative estimate of drug-likeness (QED) is 0.301. The van der Waals surface area contributed by atoms with Crippen LogP contribution in [0.25, 0.3) is 0 Å². The van der Waals surface area contributed by atoms with Gasteiger partial charge in [0, 0.05) is 29.8 Å². The summed E-state index contributed by atoms with van der Waals surface area (Å²) in [4.78, 5) is 9.28. The van der Waals surface area contributed by atoms with Crippen LogP contribution in [0.2, 0.25) is 0 Å². The first-order valence-electron chi connectivity index (χ1n) is 11.6. The largest absolute Gasteiger partial charge is 0.366 e. The lowest BCUT2D eigenvalue weighted by Gasteiger charge is -2.26. The van der Waals surface area contributed by atoms with Gasteiger partial charge in [-0.3, -0.25) is 0 Å². The molecule has 1 aromatic carbocycles. The fourth-order valence-electron chi connectivity index (χ4n) is 4.60. The molecule has 32 heavy (non-hydrogen) atoms. The van der Waals surface area contributed by atoms with Crippen LogP contribution in [0.15, 0.2) is 36.4 Å². The molecule has 2 aromatic heterocycles. The Labute approximate surface area is 201 Å². The molecule has 0 radical (unpaired) electrons. The molecule has 0 aliphatic rings. The highest BCUT2D eigenvalue weighted by atomic mass is 79.9. The normalized spacial score (nSPS) is 10.9. The van der Waals surface area contributed by atoms with Crippen molar-refractivity contribution >= 4 is 27.6 Å². The van der Waals surface area contributed by atoms with E-state index in [1.165, 1.54) is 33.4 Å². The van der Waals surface area contributed by atoms with Crippen LogP contribution in [0.1, 0.15) is 65.5 Å². The number of rotatable bonds is 10. The summed E-state index contributed by atoms with van der Waals surface area (Å²) in [5, 5.41) is 8.05. The smallest absolute Gasteiger partial charge is 0.126 e. The minimum atomic E-state index is 0.780. The number of anilines is 2. The zero-order valence-corrected chi connectivity index (χ0v) is 21.6. The third-order valence-electron chi connectivity index (χ3n) is 6.05. The van der Waals surface area contributed by atoms with Crippen LogP contribution in [0.3, 0.4) is 0 Å². The van der Waals surface area contributed by atoms with Gasteiger partial charge in [-0.1, -0.05) is 48.8 Å². The summed E-state index contributed by atoms with van der Waals surface area (Å²) in [5.74, 6) is 1.86. The van der Waals surface area contributed by atoms with E-state index >= 15 is 0 Å². The Kier molecular flexibility index (Phi) is 8.68. The third kappa shape index (κ3) is 5.50. The van der Waals surface area contributed by atoms with Crippen LogP contribution in [0, 0.1) is 13.8 Å². The van der Waals surface area contributed by atoms with E-state index in [1.54, 1.807) is 0 Å². The van der Waals surface area contributed by atoms with Crippen molar-refractivity contribution in [3.8, 4) is 0 Å². The fraction of sp³-hybridized carbons (Fsp3) is 0.407. The predicted octanol–water partition coefficient (Wildman–Crippen LogP) is 6.90. The van der Waals surface area contributed by atoms with Gasteiger partial charge < -0.3 is 10.6 Å². The Balaban J connectivity index is 2.04. The highest BCUT2D eigenvalue weighted by molar-refractivity contribution is 9.08. The first kappa shape index (κ1) is 24.2.